The summed E-state index contributed by atoms with van der Waals surface area (Å²) in [4.78, 5) is 0. The maximum absolute atomic E-state index is 6.34. The van der Waals surface area contributed by atoms with Crippen molar-refractivity contribution in [1.29, 1.82) is 0 Å². The largest absolute Gasteiger partial charge is 0.452 e. The summed E-state index contributed by atoms with van der Waals surface area (Å²) in [6.45, 7) is 2.69. The molecule has 21 heavy (non-hydrogen) atoms. The first kappa shape index (κ1) is 13.7. The minimum atomic E-state index is 0.500. The van der Waals surface area contributed by atoms with Crippen LogP contribution in [0.25, 0.3) is 0 Å². The smallest absolute Gasteiger partial charge is 0.184 e. The second kappa shape index (κ2) is 6.02. The van der Waals surface area contributed by atoms with Crippen LogP contribution in [0.1, 0.15) is 11.1 Å². The Kier molecular flexibility index (Phi) is 3.93. The molecule has 0 saturated carbocycles. The Bertz CT molecular complexity index is 738. The van der Waals surface area contributed by atoms with Gasteiger partial charge in [-0.2, -0.15) is 5.10 Å². The van der Waals surface area contributed by atoms with E-state index in [9.17, 15) is 0 Å². The van der Waals surface area contributed by atoms with Crippen LogP contribution in [-0.2, 0) is 6.54 Å². The second-order valence-electron chi connectivity index (χ2n) is 4.86. The first-order valence-electron chi connectivity index (χ1n) is 6.72. The fourth-order valence-electron chi connectivity index (χ4n) is 2.13. The number of benzene rings is 2. The first-order valence-corrected chi connectivity index (χ1v) is 7.10. The number of aryl methyl sites for hydroxylation is 1. The lowest BCUT2D eigenvalue weighted by Crippen LogP contribution is -2.01. The van der Waals surface area contributed by atoms with Crippen LogP contribution in [0.5, 0.6) is 11.5 Å². The number of aromatic nitrogens is 2. The number of para-hydroxylation sites is 1. The molecule has 0 bridgehead atoms. The molecule has 0 saturated heterocycles. The van der Waals surface area contributed by atoms with Crippen LogP contribution in [0.4, 0.5) is 0 Å². The Morgan fingerprint density at radius 3 is 2.67 bits per heavy atom. The molecule has 0 radical (unpaired) electrons. The first-order chi connectivity index (χ1) is 10.2. The van der Waals surface area contributed by atoms with Gasteiger partial charge in [-0.15, -0.1) is 0 Å². The maximum Gasteiger partial charge on any atom is 0.184 e. The summed E-state index contributed by atoms with van der Waals surface area (Å²) in [5.74, 6) is 1.31. The van der Waals surface area contributed by atoms with Gasteiger partial charge in [-0.05, 0) is 24.6 Å². The van der Waals surface area contributed by atoms with Crippen molar-refractivity contribution in [2.24, 2.45) is 0 Å². The zero-order valence-electron chi connectivity index (χ0n) is 11.7. The van der Waals surface area contributed by atoms with Crippen molar-refractivity contribution in [2.75, 3.05) is 0 Å². The summed E-state index contributed by atoms with van der Waals surface area (Å²) < 4.78 is 7.47. The summed E-state index contributed by atoms with van der Waals surface area (Å²) in [6, 6.07) is 17.8. The monoisotopic (exact) mass is 298 g/mol. The van der Waals surface area contributed by atoms with E-state index >= 15 is 0 Å². The van der Waals surface area contributed by atoms with Gasteiger partial charge in [-0.25, -0.2) is 4.68 Å². The van der Waals surface area contributed by atoms with E-state index in [4.69, 9.17) is 16.3 Å². The van der Waals surface area contributed by atoms with E-state index in [1.165, 1.54) is 5.56 Å². The maximum atomic E-state index is 6.34. The molecule has 3 aromatic rings. The third-order valence-electron chi connectivity index (χ3n) is 3.13. The van der Waals surface area contributed by atoms with Crippen LogP contribution < -0.4 is 4.74 Å². The summed E-state index contributed by atoms with van der Waals surface area (Å²) in [7, 11) is 0. The molecule has 1 heterocycles. The molecule has 0 fully saturated rings. The lowest BCUT2D eigenvalue weighted by molar-refractivity contribution is 0.482. The second-order valence-corrected chi connectivity index (χ2v) is 5.22. The zero-order chi connectivity index (χ0) is 14.7. The minimum Gasteiger partial charge on any atom is -0.452 e. The van der Waals surface area contributed by atoms with E-state index < -0.39 is 0 Å². The van der Waals surface area contributed by atoms with Gasteiger partial charge in [0.25, 0.3) is 0 Å². The van der Waals surface area contributed by atoms with Crippen LogP contribution in [0, 0.1) is 6.92 Å². The summed E-state index contributed by atoms with van der Waals surface area (Å²) in [5, 5.41) is 4.80. The highest BCUT2D eigenvalue weighted by Crippen LogP contribution is 2.29. The minimum absolute atomic E-state index is 0.500. The van der Waals surface area contributed by atoms with Crippen LogP contribution >= 0.6 is 11.6 Å². The van der Waals surface area contributed by atoms with Crippen molar-refractivity contribution in [1.82, 2.24) is 9.78 Å². The third-order valence-corrected chi connectivity index (χ3v) is 3.51. The average molecular weight is 299 g/mol. The predicted molar refractivity (Wildman–Crippen MR) is 84.0 cm³/mol. The molecule has 2 aromatic carbocycles. The highest BCUT2D eigenvalue weighted by molar-refractivity contribution is 6.31. The van der Waals surface area contributed by atoms with Crippen LogP contribution in [0.3, 0.4) is 0 Å². The van der Waals surface area contributed by atoms with Gasteiger partial charge in [0.2, 0.25) is 0 Å². The predicted octanol–water partition coefficient (Wildman–Crippen LogP) is 4.69. The molecule has 0 N–H and O–H groups in total. The molecule has 0 spiro atoms. The normalized spacial score (nSPS) is 10.6. The highest BCUT2D eigenvalue weighted by atomic mass is 35.5. The van der Waals surface area contributed by atoms with Gasteiger partial charge in [0.05, 0.1) is 12.7 Å². The summed E-state index contributed by atoms with van der Waals surface area (Å²) >= 11 is 6.34. The Morgan fingerprint density at radius 2 is 1.90 bits per heavy atom. The molecule has 1 aromatic heterocycles. The van der Waals surface area contributed by atoms with Crippen molar-refractivity contribution in [3.63, 3.8) is 0 Å². The standard InChI is InChI=1S/C17H15ClN2O/c1-13-6-5-7-14(10-13)12-20-17(18)16(11-19-20)21-15-8-3-2-4-9-15/h2-11H,12H2,1H3. The molecular formula is C17H15ClN2O. The Hall–Kier alpha value is -2.26. The van der Waals surface area contributed by atoms with Gasteiger partial charge in [-0.1, -0.05) is 59.6 Å². The van der Waals surface area contributed by atoms with E-state index in [1.54, 1.807) is 10.9 Å². The Labute approximate surface area is 128 Å². The van der Waals surface area contributed by atoms with E-state index in [2.05, 4.69) is 30.2 Å². The number of hydrogen-bond donors (Lipinski definition) is 0. The molecular weight excluding hydrogens is 284 g/mol. The number of ether oxygens (including phenoxy) is 1. The number of halogens is 1. The molecule has 0 amide bonds. The van der Waals surface area contributed by atoms with Crippen LogP contribution in [-0.4, -0.2) is 9.78 Å². The summed E-state index contributed by atoms with van der Waals surface area (Å²) in [6.07, 6.45) is 1.64. The van der Waals surface area contributed by atoms with Gasteiger partial charge >= 0.3 is 0 Å². The molecule has 4 heteroatoms. The van der Waals surface area contributed by atoms with Crippen LogP contribution in [0.2, 0.25) is 5.15 Å². The molecule has 3 nitrogen and oxygen atoms in total. The SMILES string of the molecule is Cc1cccc(Cn2ncc(Oc3ccccc3)c2Cl)c1. The molecule has 0 aliphatic rings. The van der Waals surface area contributed by atoms with Gasteiger partial charge < -0.3 is 4.74 Å². The highest BCUT2D eigenvalue weighted by Gasteiger charge is 2.11. The fraction of sp³-hybridized carbons (Fsp3) is 0.118. The van der Waals surface area contributed by atoms with E-state index in [0.717, 1.165) is 11.3 Å². The van der Waals surface area contributed by atoms with Crippen molar-refractivity contribution >= 4 is 11.6 Å². The number of rotatable bonds is 4. The molecule has 0 atom stereocenters. The number of nitrogens with zero attached hydrogens (tertiary/aromatic N) is 2. The van der Waals surface area contributed by atoms with E-state index in [1.807, 2.05) is 36.4 Å². The summed E-state index contributed by atoms with van der Waals surface area (Å²) in [5.41, 5.74) is 2.38. The Morgan fingerprint density at radius 1 is 1.10 bits per heavy atom. The van der Waals surface area contributed by atoms with E-state index in [0.29, 0.717) is 17.4 Å². The van der Waals surface area contributed by atoms with E-state index in [-0.39, 0.29) is 0 Å². The van der Waals surface area contributed by atoms with Gasteiger partial charge in [0, 0.05) is 0 Å². The van der Waals surface area contributed by atoms with Crippen molar-refractivity contribution in [2.45, 2.75) is 13.5 Å². The molecule has 3 rings (SSSR count). The lowest BCUT2D eigenvalue weighted by atomic mass is 10.1. The van der Waals surface area contributed by atoms with Crippen molar-refractivity contribution in [3.05, 3.63) is 77.1 Å². The zero-order valence-corrected chi connectivity index (χ0v) is 12.4. The van der Waals surface area contributed by atoms with Crippen molar-refractivity contribution in [3.8, 4) is 11.5 Å². The molecule has 0 aliphatic heterocycles. The molecule has 0 aliphatic carbocycles. The van der Waals surface area contributed by atoms with Crippen LogP contribution in [0.15, 0.2) is 60.8 Å². The van der Waals surface area contributed by atoms with Gasteiger partial charge in [-0.3, -0.25) is 0 Å². The Balaban J connectivity index is 1.79. The van der Waals surface area contributed by atoms with Gasteiger partial charge in [0.1, 0.15) is 5.75 Å². The average Bonchev–Trinajstić information content (AvgIpc) is 2.82. The van der Waals surface area contributed by atoms with Crippen molar-refractivity contribution < 1.29 is 4.74 Å². The van der Waals surface area contributed by atoms with Gasteiger partial charge in [0.15, 0.2) is 10.9 Å². The topological polar surface area (TPSA) is 27.1 Å². The fourth-order valence-corrected chi connectivity index (χ4v) is 2.32. The molecule has 106 valence electrons. The number of hydrogen-bond acceptors (Lipinski definition) is 2. The lowest BCUT2D eigenvalue weighted by Gasteiger charge is -2.06. The third kappa shape index (κ3) is 3.26. The quantitative estimate of drug-likeness (QED) is 0.699. The molecule has 0 unspecified atom stereocenters.